The maximum Gasteiger partial charge on any atom is 0.338 e. The second-order valence-corrected chi connectivity index (χ2v) is 11.4. The molecule has 15 heteroatoms. The Balaban J connectivity index is 1.78. The third kappa shape index (κ3) is 9.95. The molecule has 0 aromatic heterocycles. The lowest BCUT2D eigenvalue weighted by Crippen LogP contribution is -2.66. The molecule has 15 nitrogen and oxygen atoms in total. The van der Waals surface area contributed by atoms with E-state index in [0.29, 0.717) is 0 Å². The van der Waals surface area contributed by atoms with Crippen molar-refractivity contribution < 1.29 is 71.7 Å². The summed E-state index contributed by atoms with van der Waals surface area (Å²) >= 11 is 0. The molecule has 0 bridgehead atoms. The van der Waals surface area contributed by atoms with Gasteiger partial charge < -0.3 is 47.7 Å². The van der Waals surface area contributed by atoms with Crippen molar-refractivity contribution in [2.75, 3.05) is 13.2 Å². The van der Waals surface area contributed by atoms with Crippen LogP contribution in [0.1, 0.15) is 48.4 Å². The molecule has 0 spiro atoms. The monoisotopic (exact) mass is 700 g/mol. The first-order valence-corrected chi connectivity index (χ1v) is 15.8. The van der Waals surface area contributed by atoms with Gasteiger partial charge in [-0.05, 0) is 31.2 Å². The molecular formula is C35H40O15. The minimum Gasteiger partial charge on any atom is -0.463 e. The second kappa shape index (κ2) is 17.8. The van der Waals surface area contributed by atoms with Crippen LogP contribution in [0.4, 0.5) is 0 Å². The Morgan fingerprint density at radius 2 is 1.24 bits per heavy atom. The van der Waals surface area contributed by atoms with E-state index in [2.05, 4.69) is 6.58 Å². The molecule has 270 valence electrons. The summed E-state index contributed by atoms with van der Waals surface area (Å²) in [4.78, 5) is 62.8. The summed E-state index contributed by atoms with van der Waals surface area (Å²) in [5.41, 5.74) is 0.354. The zero-order chi connectivity index (χ0) is 36.4. The maximum atomic E-state index is 13.5. The molecule has 1 N–H and O–H groups in total. The van der Waals surface area contributed by atoms with Crippen molar-refractivity contribution >= 4 is 29.8 Å². The fourth-order valence-corrected chi connectivity index (χ4v) is 5.39. The van der Waals surface area contributed by atoms with Gasteiger partial charge in [-0.3, -0.25) is 14.4 Å². The van der Waals surface area contributed by atoms with E-state index in [1.54, 1.807) is 43.3 Å². The van der Waals surface area contributed by atoms with Crippen molar-refractivity contribution in [3.8, 4) is 0 Å². The standard InChI is InChI=1S/C35H40O15/c1-6-17-42-34-31(49-33(41)24-15-11-8-12-16-24)30(27(19(2)44-34)48-32(40)23-13-9-7-10-14-23)50-35-29(46-22(5)38)26(39)28(45-21(4)37)25(47-35)18-43-20(3)36/h6-16,19,25-31,34-35,39H,1,17-18H2,2-5H3/t19-,25+,26-,27+,28+,29+,30+,31-,34+,35-/m0/s1. The van der Waals surface area contributed by atoms with Gasteiger partial charge in [0.1, 0.15) is 24.9 Å². The SMILES string of the molecule is C=CCO[C@@H]1O[C@@H](C)[C@@H](OC(=O)c2ccccc2)[C@@H](O[C@@H]2O[C@H](COC(C)=O)[C@@H](OC(C)=O)[C@H](O)[C@H]2OC(C)=O)[C@@H]1OC(=O)c1ccccc1. The molecule has 4 rings (SSSR count). The smallest absolute Gasteiger partial charge is 0.338 e. The number of aliphatic hydroxyl groups excluding tert-OH is 1. The van der Waals surface area contributed by atoms with Gasteiger partial charge >= 0.3 is 29.8 Å². The molecule has 2 aromatic carbocycles. The Labute approximate surface area is 288 Å². The number of carbonyl (C=O) groups excluding carboxylic acids is 5. The average molecular weight is 701 g/mol. The number of hydrogen-bond donors (Lipinski definition) is 1. The number of hydrogen-bond acceptors (Lipinski definition) is 15. The van der Waals surface area contributed by atoms with E-state index in [0.717, 1.165) is 20.8 Å². The Hall–Kier alpha value is -4.67. The highest BCUT2D eigenvalue weighted by Crippen LogP contribution is 2.35. The van der Waals surface area contributed by atoms with Crippen molar-refractivity contribution in [3.63, 3.8) is 0 Å². The van der Waals surface area contributed by atoms with Crippen LogP contribution in [0.15, 0.2) is 73.3 Å². The van der Waals surface area contributed by atoms with Crippen LogP contribution in [0.3, 0.4) is 0 Å². The molecule has 0 amide bonds. The summed E-state index contributed by atoms with van der Waals surface area (Å²) in [6, 6.07) is 16.0. The molecule has 10 atom stereocenters. The fraction of sp³-hybridized carbons (Fsp3) is 0.457. The summed E-state index contributed by atoms with van der Waals surface area (Å²) in [6.07, 6.45) is -13.1. The van der Waals surface area contributed by atoms with Gasteiger partial charge in [-0.25, -0.2) is 9.59 Å². The summed E-state index contributed by atoms with van der Waals surface area (Å²) in [6.45, 7) is 7.95. The molecule has 2 aliphatic heterocycles. The molecule has 2 fully saturated rings. The van der Waals surface area contributed by atoms with Gasteiger partial charge in [0.25, 0.3) is 0 Å². The topological polar surface area (TPSA) is 189 Å². The first kappa shape index (κ1) is 38.1. The highest BCUT2D eigenvalue weighted by atomic mass is 16.8. The number of aliphatic hydroxyl groups is 1. The third-order valence-electron chi connectivity index (χ3n) is 7.57. The first-order valence-electron chi connectivity index (χ1n) is 15.8. The summed E-state index contributed by atoms with van der Waals surface area (Å²) in [7, 11) is 0. The van der Waals surface area contributed by atoms with E-state index < -0.39 is 97.9 Å². The van der Waals surface area contributed by atoms with Crippen LogP contribution >= 0.6 is 0 Å². The van der Waals surface area contributed by atoms with Crippen LogP contribution in [-0.4, -0.2) is 110 Å². The number of rotatable bonds is 13. The van der Waals surface area contributed by atoms with E-state index in [9.17, 15) is 29.1 Å². The van der Waals surface area contributed by atoms with Gasteiger partial charge in [0.2, 0.25) is 0 Å². The van der Waals surface area contributed by atoms with Crippen molar-refractivity contribution in [3.05, 3.63) is 84.4 Å². The number of ether oxygens (including phenoxy) is 9. The number of carbonyl (C=O) groups is 5. The number of benzene rings is 2. The quantitative estimate of drug-likeness (QED) is 0.182. The minimum atomic E-state index is -1.78. The molecule has 2 aromatic rings. The molecule has 0 unspecified atom stereocenters. The second-order valence-electron chi connectivity index (χ2n) is 11.4. The van der Waals surface area contributed by atoms with Gasteiger partial charge in [0, 0.05) is 20.8 Å². The van der Waals surface area contributed by atoms with Crippen molar-refractivity contribution in [2.24, 2.45) is 0 Å². The third-order valence-corrected chi connectivity index (χ3v) is 7.57. The van der Waals surface area contributed by atoms with Gasteiger partial charge in [-0.1, -0.05) is 42.5 Å². The molecule has 0 radical (unpaired) electrons. The molecule has 0 aliphatic carbocycles. The summed E-state index contributed by atoms with van der Waals surface area (Å²) in [5.74, 6) is -3.97. The lowest BCUT2D eigenvalue weighted by Gasteiger charge is -2.48. The predicted molar refractivity (Wildman–Crippen MR) is 169 cm³/mol. The van der Waals surface area contributed by atoms with Crippen LogP contribution < -0.4 is 0 Å². The lowest BCUT2D eigenvalue weighted by atomic mass is 9.96. The van der Waals surface area contributed by atoms with E-state index in [1.165, 1.54) is 30.3 Å². The van der Waals surface area contributed by atoms with Crippen LogP contribution in [0.2, 0.25) is 0 Å². The molecular weight excluding hydrogens is 660 g/mol. The molecule has 0 saturated carbocycles. The lowest BCUT2D eigenvalue weighted by molar-refractivity contribution is -0.355. The van der Waals surface area contributed by atoms with Crippen LogP contribution in [-0.2, 0) is 57.0 Å². The van der Waals surface area contributed by atoms with Crippen molar-refractivity contribution in [1.82, 2.24) is 0 Å². The maximum absolute atomic E-state index is 13.5. The van der Waals surface area contributed by atoms with Crippen molar-refractivity contribution in [1.29, 1.82) is 0 Å². The first-order chi connectivity index (χ1) is 23.9. The Bertz CT molecular complexity index is 1480. The van der Waals surface area contributed by atoms with Crippen molar-refractivity contribution in [2.45, 2.75) is 89.1 Å². The van der Waals surface area contributed by atoms with Gasteiger partial charge in [0.05, 0.1) is 23.8 Å². The Kier molecular flexibility index (Phi) is 13.6. The van der Waals surface area contributed by atoms with Gasteiger partial charge in [-0.2, -0.15) is 0 Å². The zero-order valence-corrected chi connectivity index (χ0v) is 27.9. The minimum absolute atomic E-state index is 0.0544. The van der Waals surface area contributed by atoms with E-state index in [1.807, 2.05) is 0 Å². The molecule has 2 aliphatic rings. The Morgan fingerprint density at radius 3 is 1.76 bits per heavy atom. The molecule has 2 heterocycles. The summed E-state index contributed by atoms with van der Waals surface area (Å²) < 4.78 is 52.0. The van der Waals surface area contributed by atoms with E-state index in [-0.39, 0.29) is 17.7 Å². The van der Waals surface area contributed by atoms with Crippen LogP contribution in [0.5, 0.6) is 0 Å². The van der Waals surface area contributed by atoms with Gasteiger partial charge in [0.15, 0.2) is 37.0 Å². The Morgan fingerprint density at radius 1 is 0.700 bits per heavy atom. The predicted octanol–water partition coefficient (Wildman–Crippen LogP) is 2.28. The highest BCUT2D eigenvalue weighted by molar-refractivity contribution is 5.90. The number of esters is 5. The van der Waals surface area contributed by atoms with Crippen LogP contribution in [0.25, 0.3) is 0 Å². The fourth-order valence-electron chi connectivity index (χ4n) is 5.39. The van der Waals surface area contributed by atoms with E-state index >= 15 is 0 Å². The molecule has 50 heavy (non-hydrogen) atoms. The van der Waals surface area contributed by atoms with E-state index in [4.69, 9.17) is 42.6 Å². The normalized spacial score (nSPS) is 29.1. The molecule has 2 saturated heterocycles. The summed E-state index contributed by atoms with van der Waals surface area (Å²) in [5, 5.41) is 11.4. The van der Waals surface area contributed by atoms with Gasteiger partial charge in [-0.15, -0.1) is 6.58 Å². The van der Waals surface area contributed by atoms with Crippen LogP contribution in [0, 0.1) is 0 Å². The largest absolute Gasteiger partial charge is 0.463 e. The zero-order valence-electron chi connectivity index (χ0n) is 27.9. The highest BCUT2D eigenvalue weighted by Gasteiger charge is 2.56. The average Bonchev–Trinajstić information content (AvgIpc) is 3.08.